The van der Waals surface area contributed by atoms with Crippen LogP contribution in [0, 0.1) is 0 Å². The number of phenolic OH excluding ortho intramolecular Hbond substituents is 1. The predicted molar refractivity (Wildman–Crippen MR) is 81.0 cm³/mol. The molecule has 1 aliphatic rings. The molecule has 1 atom stereocenters. The van der Waals surface area contributed by atoms with Gasteiger partial charge in [-0.3, -0.25) is 0 Å². The SMILES string of the molecule is NCC(Cc1cccc(O)c1)c1ccc2c(c1)OCCO2. The Morgan fingerprint density at radius 3 is 2.62 bits per heavy atom. The van der Waals surface area contributed by atoms with Gasteiger partial charge in [-0.15, -0.1) is 0 Å². The van der Waals surface area contributed by atoms with Gasteiger partial charge in [0.25, 0.3) is 0 Å². The first-order valence-electron chi connectivity index (χ1n) is 7.14. The lowest BCUT2D eigenvalue weighted by atomic mass is 9.91. The maximum atomic E-state index is 9.56. The Labute approximate surface area is 124 Å². The number of ether oxygens (including phenoxy) is 2. The molecule has 2 aromatic rings. The number of hydrogen-bond acceptors (Lipinski definition) is 4. The Kier molecular flexibility index (Phi) is 3.97. The average molecular weight is 285 g/mol. The summed E-state index contributed by atoms with van der Waals surface area (Å²) >= 11 is 0. The van der Waals surface area contributed by atoms with Gasteiger partial charge in [0, 0.05) is 5.92 Å². The molecule has 1 heterocycles. The molecule has 0 fully saturated rings. The second-order valence-corrected chi connectivity index (χ2v) is 5.21. The number of rotatable bonds is 4. The van der Waals surface area contributed by atoms with Crippen LogP contribution in [0.1, 0.15) is 17.0 Å². The molecular weight excluding hydrogens is 266 g/mol. The molecule has 0 saturated carbocycles. The van der Waals surface area contributed by atoms with Crippen molar-refractivity contribution in [2.24, 2.45) is 5.73 Å². The fourth-order valence-corrected chi connectivity index (χ4v) is 2.62. The van der Waals surface area contributed by atoms with E-state index < -0.39 is 0 Å². The van der Waals surface area contributed by atoms with Crippen molar-refractivity contribution in [3.05, 3.63) is 53.6 Å². The van der Waals surface area contributed by atoms with Crippen LogP contribution in [0.2, 0.25) is 0 Å². The molecule has 0 aromatic heterocycles. The Bertz CT molecular complexity index is 627. The van der Waals surface area contributed by atoms with Crippen molar-refractivity contribution in [2.45, 2.75) is 12.3 Å². The van der Waals surface area contributed by atoms with E-state index in [1.165, 1.54) is 0 Å². The topological polar surface area (TPSA) is 64.7 Å². The second-order valence-electron chi connectivity index (χ2n) is 5.21. The van der Waals surface area contributed by atoms with Gasteiger partial charge in [0.1, 0.15) is 19.0 Å². The number of nitrogens with two attached hydrogens (primary N) is 1. The third kappa shape index (κ3) is 3.11. The van der Waals surface area contributed by atoms with Crippen LogP contribution in [-0.4, -0.2) is 24.9 Å². The molecule has 0 aliphatic carbocycles. The average Bonchev–Trinajstić information content (AvgIpc) is 2.52. The largest absolute Gasteiger partial charge is 0.508 e. The second kappa shape index (κ2) is 6.06. The molecule has 0 spiro atoms. The van der Waals surface area contributed by atoms with Crippen LogP contribution in [0.4, 0.5) is 0 Å². The third-order valence-electron chi connectivity index (χ3n) is 3.71. The summed E-state index contributed by atoms with van der Waals surface area (Å²) in [6.45, 7) is 1.71. The number of phenols is 1. The number of benzene rings is 2. The van der Waals surface area contributed by atoms with E-state index in [1.54, 1.807) is 12.1 Å². The van der Waals surface area contributed by atoms with E-state index >= 15 is 0 Å². The Morgan fingerprint density at radius 1 is 1.05 bits per heavy atom. The zero-order valence-electron chi connectivity index (χ0n) is 11.8. The minimum absolute atomic E-state index is 0.183. The monoisotopic (exact) mass is 285 g/mol. The third-order valence-corrected chi connectivity index (χ3v) is 3.71. The van der Waals surface area contributed by atoms with Crippen LogP contribution in [0.3, 0.4) is 0 Å². The first-order chi connectivity index (χ1) is 10.3. The Morgan fingerprint density at radius 2 is 1.86 bits per heavy atom. The van der Waals surface area contributed by atoms with Crippen molar-refractivity contribution < 1.29 is 14.6 Å². The van der Waals surface area contributed by atoms with Crippen LogP contribution in [0.25, 0.3) is 0 Å². The lowest BCUT2D eigenvalue weighted by molar-refractivity contribution is 0.171. The van der Waals surface area contributed by atoms with Crippen LogP contribution >= 0.6 is 0 Å². The Hall–Kier alpha value is -2.20. The minimum atomic E-state index is 0.183. The summed E-state index contributed by atoms with van der Waals surface area (Å²) in [6.07, 6.45) is 0.782. The normalized spacial score (nSPS) is 14.7. The zero-order chi connectivity index (χ0) is 14.7. The smallest absolute Gasteiger partial charge is 0.161 e. The molecule has 110 valence electrons. The van der Waals surface area contributed by atoms with E-state index in [-0.39, 0.29) is 11.7 Å². The Balaban J connectivity index is 1.82. The van der Waals surface area contributed by atoms with Crippen LogP contribution in [0.15, 0.2) is 42.5 Å². The fraction of sp³-hybridized carbons (Fsp3) is 0.294. The molecule has 0 amide bonds. The van der Waals surface area contributed by atoms with Crippen molar-refractivity contribution in [3.8, 4) is 17.2 Å². The van der Waals surface area contributed by atoms with Crippen molar-refractivity contribution >= 4 is 0 Å². The molecule has 2 aromatic carbocycles. The van der Waals surface area contributed by atoms with E-state index in [0.717, 1.165) is 29.0 Å². The quantitative estimate of drug-likeness (QED) is 0.905. The van der Waals surface area contributed by atoms with Crippen molar-refractivity contribution in [1.29, 1.82) is 0 Å². The van der Waals surface area contributed by atoms with Gasteiger partial charge >= 0.3 is 0 Å². The molecular formula is C17H19NO3. The molecule has 0 radical (unpaired) electrons. The van der Waals surface area contributed by atoms with Crippen LogP contribution < -0.4 is 15.2 Å². The van der Waals surface area contributed by atoms with Crippen molar-refractivity contribution in [2.75, 3.05) is 19.8 Å². The summed E-state index contributed by atoms with van der Waals surface area (Å²) in [6, 6.07) is 13.3. The summed E-state index contributed by atoms with van der Waals surface area (Å²) in [5.74, 6) is 2.04. The van der Waals surface area contributed by atoms with Gasteiger partial charge in [-0.05, 0) is 48.4 Å². The summed E-state index contributed by atoms with van der Waals surface area (Å²) in [5, 5.41) is 9.56. The standard InChI is InChI=1S/C17H19NO3/c18-11-14(8-12-2-1-3-15(19)9-12)13-4-5-16-17(10-13)21-7-6-20-16/h1-5,9-10,14,19H,6-8,11,18H2. The maximum absolute atomic E-state index is 9.56. The lowest BCUT2D eigenvalue weighted by Gasteiger charge is -2.21. The number of fused-ring (bicyclic) bond motifs is 1. The number of hydrogen-bond donors (Lipinski definition) is 2. The van der Waals surface area contributed by atoms with Gasteiger partial charge in [-0.1, -0.05) is 18.2 Å². The first-order valence-corrected chi connectivity index (χ1v) is 7.14. The highest BCUT2D eigenvalue weighted by Gasteiger charge is 2.16. The highest BCUT2D eigenvalue weighted by atomic mass is 16.6. The molecule has 3 rings (SSSR count). The van der Waals surface area contributed by atoms with E-state index in [4.69, 9.17) is 15.2 Å². The lowest BCUT2D eigenvalue weighted by Crippen LogP contribution is -2.18. The molecule has 1 aliphatic heterocycles. The molecule has 1 unspecified atom stereocenters. The van der Waals surface area contributed by atoms with Gasteiger partial charge in [0.2, 0.25) is 0 Å². The van der Waals surface area contributed by atoms with E-state index in [9.17, 15) is 5.11 Å². The number of aromatic hydroxyl groups is 1. The molecule has 4 nitrogen and oxygen atoms in total. The van der Waals surface area contributed by atoms with Gasteiger partial charge in [0.15, 0.2) is 11.5 Å². The van der Waals surface area contributed by atoms with Crippen molar-refractivity contribution in [3.63, 3.8) is 0 Å². The van der Waals surface area contributed by atoms with Crippen molar-refractivity contribution in [1.82, 2.24) is 0 Å². The molecule has 21 heavy (non-hydrogen) atoms. The van der Waals surface area contributed by atoms with Crippen LogP contribution in [0.5, 0.6) is 17.2 Å². The predicted octanol–water partition coefficient (Wildman–Crippen LogP) is 2.45. The summed E-state index contributed by atoms with van der Waals surface area (Å²) in [4.78, 5) is 0. The highest BCUT2D eigenvalue weighted by Crippen LogP contribution is 2.34. The van der Waals surface area contributed by atoms with E-state index in [2.05, 4.69) is 0 Å². The summed E-state index contributed by atoms with van der Waals surface area (Å²) < 4.78 is 11.2. The van der Waals surface area contributed by atoms with Gasteiger partial charge in [0.05, 0.1) is 0 Å². The molecule has 4 heteroatoms. The maximum Gasteiger partial charge on any atom is 0.161 e. The first kappa shape index (κ1) is 13.8. The zero-order valence-corrected chi connectivity index (χ0v) is 11.8. The highest BCUT2D eigenvalue weighted by molar-refractivity contribution is 5.45. The van der Waals surface area contributed by atoms with Crippen LogP contribution in [-0.2, 0) is 6.42 Å². The van der Waals surface area contributed by atoms with Gasteiger partial charge in [-0.25, -0.2) is 0 Å². The fourth-order valence-electron chi connectivity index (χ4n) is 2.62. The van der Waals surface area contributed by atoms with E-state index in [1.807, 2.05) is 30.3 Å². The molecule has 0 bridgehead atoms. The van der Waals surface area contributed by atoms with Gasteiger partial charge < -0.3 is 20.3 Å². The molecule has 0 saturated heterocycles. The summed E-state index contributed by atoms with van der Waals surface area (Å²) in [5.41, 5.74) is 8.13. The minimum Gasteiger partial charge on any atom is -0.508 e. The molecule has 3 N–H and O–H groups in total. The van der Waals surface area contributed by atoms with E-state index in [0.29, 0.717) is 19.8 Å². The van der Waals surface area contributed by atoms with Gasteiger partial charge in [-0.2, -0.15) is 0 Å². The summed E-state index contributed by atoms with van der Waals surface area (Å²) in [7, 11) is 0.